The van der Waals surface area contributed by atoms with Crippen LogP contribution in [0, 0.1) is 18.8 Å². The number of amides is 2. The van der Waals surface area contributed by atoms with Crippen molar-refractivity contribution in [2.24, 2.45) is 11.8 Å². The molecule has 2 aliphatic rings. The summed E-state index contributed by atoms with van der Waals surface area (Å²) in [7, 11) is 1.70. The number of aliphatic hydroxyl groups excluding tert-OH is 1. The van der Waals surface area contributed by atoms with Crippen LogP contribution >= 0.6 is 0 Å². The molecule has 5 rings (SSSR count). The molecule has 10 nitrogen and oxygen atoms in total. The van der Waals surface area contributed by atoms with E-state index in [1.54, 1.807) is 13.3 Å². The van der Waals surface area contributed by atoms with Crippen LogP contribution in [0.2, 0.25) is 0 Å². The molecule has 2 heterocycles. The van der Waals surface area contributed by atoms with Crippen LogP contribution in [0.3, 0.4) is 0 Å². The second kappa shape index (κ2) is 16.4. The summed E-state index contributed by atoms with van der Waals surface area (Å²) in [6, 6.07) is 10.7. The van der Waals surface area contributed by atoms with E-state index in [0.29, 0.717) is 49.9 Å². The van der Waals surface area contributed by atoms with E-state index in [1.807, 2.05) is 34.1 Å². The van der Waals surface area contributed by atoms with E-state index in [4.69, 9.17) is 19.6 Å². The van der Waals surface area contributed by atoms with Gasteiger partial charge in [0, 0.05) is 36.5 Å². The van der Waals surface area contributed by atoms with Gasteiger partial charge in [0.25, 0.3) is 0 Å². The number of nitrogens with zero attached hydrogens (tertiary/aromatic N) is 4. The van der Waals surface area contributed by atoms with Crippen LogP contribution in [-0.4, -0.2) is 71.0 Å². The summed E-state index contributed by atoms with van der Waals surface area (Å²) in [4.78, 5) is 33.1. The molecule has 0 aliphatic heterocycles. The predicted molar refractivity (Wildman–Crippen MR) is 183 cm³/mol. The molecule has 11 heteroatoms. The van der Waals surface area contributed by atoms with Crippen molar-refractivity contribution in [3.63, 3.8) is 0 Å². The Hall–Kier alpha value is -3.99. The summed E-state index contributed by atoms with van der Waals surface area (Å²) < 4.78 is 26.2. The summed E-state index contributed by atoms with van der Waals surface area (Å²) in [5.74, 6) is 2.22. The van der Waals surface area contributed by atoms with Crippen molar-refractivity contribution in [2.75, 3.05) is 31.7 Å². The Morgan fingerprint density at radius 3 is 2.46 bits per heavy atom. The zero-order valence-electron chi connectivity index (χ0n) is 28.6. The van der Waals surface area contributed by atoms with Crippen molar-refractivity contribution in [1.82, 2.24) is 20.1 Å². The van der Waals surface area contributed by atoms with Gasteiger partial charge in [-0.15, -0.1) is 0 Å². The number of ether oxygens (including phenoxy) is 2. The van der Waals surface area contributed by atoms with E-state index in [1.165, 1.54) is 5.56 Å². The zero-order chi connectivity index (χ0) is 34.2. The second-order valence-electron chi connectivity index (χ2n) is 13.6. The first-order chi connectivity index (χ1) is 23.1. The Bertz CT molecular complexity index is 1510. The summed E-state index contributed by atoms with van der Waals surface area (Å²) in [6.45, 7) is 5.89. The lowest BCUT2D eigenvalue weighted by molar-refractivity contribution is -0.124. The predicted octanol–water partition coefficient (Wildman–Crippen LogP) is 6.77. The lowest BCUT2D eigenvalue weighted by Crippen LogP contribution is -2.43. The van der Waals surface area contributed by atoms with Crippen LogP contribution in [0.5, 0.6) is 5.75 Å². The smallest absolute Gasteiger partial charge is 0.407 e. The number of hydrogen-bond acceptors (Lipinski definition) is 7. The van der Waals surface area contributed by atoms with Crippen molar-refractivity contribution in [3.05, 3.63) is 60.0 Å². The molecule has 0 spiro atoms. The Morgan fingerprint density at radius 2 is 1.81 bits per heavy atom. The molecule has 0 radical (unpaired) electrons. The largest absolute Gasteiger partial charge is 0.496 e. The second-order valence-corrected chi connectivity index (χ2v) is 13.6. The molecular weight excluding hydrogens is 613 g/mol. The molecule has 260 valence electrons. The van der Waals surface area contributed by atoms with E-state index in [9.17, 15) is 14.0 Å². The maximum atomic E-state index is 14.3. The summed E-state index contributed by atoms with van der Waals surface area (Å²) in [5, 5.41) is 15.7. The van der Waals surface area contributed by atoms with Gasteiger partial charge in [0.2, 0.25) is 5.91 Å². The average molecular weight is 664 g/mol. The van der Waals surface area contributed by atoms with Gasteiger partial charge < -0.3 is 19.9 Å². The number of rotatable bonds is 12. The molecule has 3 aromatic rings. The number of nitrogens with one attached hydrogen (secondary N) is 1. The number of alkyl halides is 1. The van der Waals surface area contributed by atoms with Gasteiger partial charge in [-0.3, -0.25) is 14.4 Å². The number of anilines is 1. The van der Waals surface area contributed by atoms with Crippen LogP contribution in [0.15, 0.2) is 48.9 Å². The fourth-order valence-corrected chi connectivity index (χ4v) is 7.00. The third-order valence-corrected chi connectivity index (χ3v) is 9.89. The van der Waals surface area contributed by atoms with Crippen LogP contribution < -0.4 is 15.0 Å². The van der Waals surface area contributed by atoms with Crippen LogP contribution in [0.25, 0.3) is 11.1 Å². The number of hydrogen-bond donors (Lipinski definition) is 2. The van der Waals surface area contributed by atoms with E-state index in [2.05, 4.69) is 49.4 Å². The highest BCUT2D eigenvalue weighted by Gasteiger charge is 2.34. The zero-order valence-corrected chi connectivity index (χ0v) is 28.6. The lowest BCUT2D eigenvalue weighted by Gasteiger charge is -2.35. The minimum atomic E-state index is -1.53. The minimum absolute atomic E-state index is 0.0524. The number of carbonyl (C=O) groups excluding carboxylic acids is 2. The Morgan fingerprint density at radius 1 is 1.06 bits per heavy atom. The number of halogens is 1. The molecule has 2 aliphatic carbocycles. The first kappa shape index (κ1) is 35.3. The van der Waals surface area contributed by atoms with Crippen LogP contribution in [-0.2, 0) is 9.53 Å². The maximum absolute atomic E-state index is 14.3. The number of methoxy groups -OCH3 is 1. The van der Waals surface area contributed by atoms with Crippen LogP contribution in [0.1, 0.15) is 88.3 Å². The van der Waals surface area contributed by atoms with Gasteiger partial charge in [-0.2, -0.15) is 5.10 Å². The quantitative estimate of drug-likeness (QED) is 0.220. The molecular formula is C37H50FN5O5. The van der Waals surface area contributed by atoms with E-state index >= 15 is 0 Å². The summed E-state index contributed by atoms with van der Waals surface area (Å²) in [6.07, 6.45) is 9.48. The Balaban J connectivity index is 1.28. The number of aromatic nitrogens is 3. The molecule has 0 saturated heterocycles. The van der Waals surface area contributed by atoms with Gasteiger partial charge in [-0.1, -0.05) is 12.1 Å². The van der Waals surface area contributed by atoms with Gasteiger partial charge in [-0.25, -0.2) is 14.2 Å². The molecule has 2 N–H and O–H groups in total. The van der Waals surface area contributed by atoms with Crippen molar-refractivity contribution < 1.29 is 28.6 Å². The van der Waals surface area contributed by atoms with E-state index in [-0.39, 0.29) is 30.5 Å². The van der Waals surface area contributed by atoms with Crippen molar-refractivity contribution in [2.45, 2.75) is 96.4 Å². The monoisotopic (exact) mass is 663 g/mol. The standard InChI is InChI=1S/C37H50FN5O5/c1-24(2)43-22-31(19-41-43)30-15-16-39-35(18-30)42(21-26-5-7-27(8-6-26)29-11-14-34(47-4)25(3)17-29)36(45)28-9-12-33(13-10-28)48-37(46)40-20-32(38)23-44/h11,14-19,22,24,26-28,32-33,44H,5-10,12-13,20-21,23H2,1-4H3,(H,40,46)/t26?,27?,28?,32-,33?/m1/s1. The van der Waals surface area contributed by atoms with E-state index in [0.717, 1.165) is 48.1 Å². The molecule has 2 saturated carbocycles. The molecule has 2 fully saturated rings. The van der Waals surface area contributed by atoms with Crippen LogP contribution in [0.4, 0.5) is 15.0 Å². The highest BCUT2D eigenvalue weighted by atomic mass is 19.1. The molecule has 2 amide bonds. The molecule has 48 heavy (non-hydrogen) atoms. The molecule has 2 aromatic heterocycles. The highest BCUT2D eigenvalue weighted by molar-refractivity contribution is 5.94. The molecule has 1 atom stereocenters. The van der Waals surface area contributed by atoms with Gasteiger partial charge in [0.05, 0.1) is 26.5 Å². The van der Waals surface area contributed by atoms with Gasteiger partial charge >= 0.3 is 6.09 Å². The van der Waals surface area contributed by atoms with Gasteiger partial charge in [-0.05, 0) is 119 Å². The first-order valence-corrected chi connectivity index (χ1v) is 17.3. The van der Waals surface area contributed by atoms with Crippen molar-refractivity contribution in [1.29, 1.82) is 0 Å². The number of pyridine rings is 1. The van der Waals surface area contributed by atoms with Crippen molar-refractivity contribution in [3.8, 4) is 16.9 Å². The summed E-state index contributed by atoms with van der Waals surface area (Å²) in [5.41, 5.74) is 4.43. The number of alkyl carbamates (subject to hydrolysis) is 1. The molecule has 1 aromatic carbocycles. The Labute approximate surface area is 283 Å². The fourth-order valence-electron chi connectivity index (χ4n) is 7.00. The van der Waals surface area contributed by atoms with Gasteiger partial charge in [0.15, 0.2) is 0 Å². The molecule has 0 unspecified atom stereocenters. The van der Waals surface area contributed by atoms with E-state index < -0.39 is 18.9 Å². The number of benzene rings is 1. The fraction of sp³-hybridized carbons (Fsp3) is 0.568. The first-order valence-electron chi connectivity index (χ1n) is 17.3. The number of aliphatic hydroxyl groups is 1. The minimum Gasteiger partial charge on any atom is -0.496 e. The third kappa shape index (κ3) is 8.92. The number of aryl methyl sites for hydroxylation is 1. The summed E-state index contributed by atoms with van der Waals surface area (Å²) >= 11 is 0. The molecule has 0 bridgehead atoms. The third-order valence-electron chi connectivity index (χ3n) is 9.89. The van der Waals surface area contributed by atoms with Gasteiger partial charge in [0.1, 0.15) is 23.8 Å². The lowest BCUT2D eigenvalue weighted by atomic mass is 9.78. The highest BCUT2D eigenvalue weighted by Crippen LogP contribution is 2.39. The normalized spacial score (nSPS) is 21.8. The van der Waals surface area contributed by atoms with Crippen molar-refractivity contribution >= 4 is 17.8 Å². The maximum Gasteiger partial charge on any atom is 0.407 e. The topological polar surface area (TPSA) is 119 Å². The number of carbonyl (C=O) groups is 2. The SMILES string of the molecule is COc1ccc(C2CCC(CN(C(=O)C3CCC(OC(=O)NC[C@@H](F)CO)CC3)c3cc(-c4cnn(C(C)C)c4)ccn3)CC2)cc1C. The average Bonchev–Trinajstić information content (AvgIpc) is 3.61. The Kier molecular flexibility index (Phi) is 12.1.